The van der Waals surface area contributed by atoms with Crippen LogP contribution in [0, 0.1) is 0 Å². The maximum absolute atomic E-state index is 12.9. The van der Waals surface area contributed by atoms with Crippen molar-refractivity contribution < 1.29 is 22.7 Å². The Hall–Kier alpha value is -2.06. The van der Waals surface area contributed by atoms with Gasteiger partial charge in [0.15, 0.2) is 5.69 Å². The Labute approximate surface area is 111 Å². The number of methoxy groups -OCH3 is 1. The smallest absolute Gasteiger partial charge is 0.433 e. The molecule has 0 aromatic carbocycles. The summed E-state index contributed by atoms with van der Waals surface area (Å²) in [7, 11) is 0.817. The summed E-state index contributed by atoms with van der Waals surface area (Å²) in [5.74, 6) is -1.52. The normalized spacial score (nSPS) is 12.3. The molecule has 20 heavy (non-hydrogen) atoms. The molecule has 1 N–H and O–H groups in total. The largest absolute Gasteiger partial charge is 0.465 e. The van der Waals surface area contributed by atoms with Crippen molar-refractivity contribution in [2.75, 3.05) is 7.11 Å². The van der Waals surface area contributed by atoms with Gasteiger partial charge in [0.05, 0.1) is 12.6 Å². The highest BCUT2D eigenvalue weighted by Crippen LogP contribution is 2.29. The lowest BCUT2D eigenvalue weighted by atomic mass is 10.1. The van der Waals surface area contributed by atoms with Crippen LogP contribution in [0.15, 0.2) is 9.59 Å². The molecule has 0 aliphatic rings. The van der Waals surface area contributed by atoms with Gasteiger partial charge >= 0.3 is 17.7 Å². The number of carbonyl (C=O) groups excluding carboxylic acids is 1. The van der Waals surface area contributed by atoms with Crippen molar-refractivity contribution in [3.05, 3.63) is 31.8 Å². The van der Waals surface area contributed by atoms with E-state index in [4.69, 9.17) is 0 Å². The minimum absolute atomic E-state index is 0.532. The van der Waals surface area contributed by atoms with Crippen LogP contribution in [-0.4, -0.2) is 22.9 Å². The van der Waals surface area contributed by atoms with Gasteiger partial charge in [-0.15, -0.1) is 0 Å². The highest BCUT2D eigenvalue weighted by atomic mass is 19.4. The van der Waals surface area contributed by atoms with Gasteiger partial charge in [-0.2, -0.15) is 13.2 Å². The molecule has 9 heteroatoms. The van der Waals surface area contributed by atoms with Crippen molar-refractivity contribution >= 4 is 5.97 Å². The van der Waals surface area contributed by atoms with Crippen molar-refractivity contribution in [2.45, 2.75) is 32.5 Å². The van der Waals surface area contributed by atoms with Gasteiger partial charge in [-0.1, -0.05) is 0 Å². The zero-order valence-electron chi connectivity index (χ0n) is 11.2. The lowest BCUT2D eigenvalue weighted by Crippen LogP contribution is -2.48. The zero-order chi connectivity index (χ0) is 15.9. The minimum Gasteiger partial charge on any atom is -0.465 e. The topological polar surface area (TPSA) is 81.2 Å². The summed E-state index contributed by atoms with van der Waals surface area (Å²) in [6.45, 7) is 4.30. The van der Waals surface area contributed by atoms with E-state index in [9.17, 15) is 27.6 Å². The Morgan fingerprint density at radius 2 is 1.70 bits per heavy atom. The van der Waals surface area contributed by atoms with Gasteiger partial charge < -0.3 is 4.74 Å². The van der Waals surface area contributed by atoms with E-state index in [0.29, 0.717) is 4.68 Å². The number of esters is 1. The molecule has 112 valence electrons. The van der Waals surface area contributed by atoms with E-state index in [1.54, 1.807) is 5.10 Å². The monoisotopic (exact) mass is 294 g/mol. The van der Waals surface area contributed by atoms with E-state index < -0.39 is 39.9 Å². The Kier molecular flexibility index (Phi) is 3.84. The maximum atomic E-state index is 12.9. The minimum atomic E-state index is -5.01. The first-order chi connectivity index (χ1) is 8.91. The lowest BCUT2D eigenvalue weighted by molar-refractivity contribution is -0.143. The van der Waals surface area contributed by atoms with E-state index in [1.165, 1.54) is 20.8 Å². The van der Waals surface area contributed by atoms with Crippen molar-refractivity contribution in [1.29, 1.82) is 0 Å². The number of nitrogens with one attached hydrogen (secondary N) is 1. The summed E-state index contributed by atoms with van der Waals surface area (Å²) in [5.41, 5.74) is -6.86. The molecule has 1 rings (SSSR count). The fourth-order valence-electron chi connectivity index (χ4n) is 1.51. The van der Waals surface area contributed by atoms with Crippen LogP contribution < -0.4 is 11.0 Å². The number of ether oxygens (including phenoxy) is 1. The molecule has 0 atom stereocenters. The van der Waals surface area contributed by atoms with Crippen LogP contribution >= 0.6 is 0 Å². The number of halogens is 3. The molecule has 0 saturated heterocycles. The molecule has 1 heterocycles. The molecule has 6 nitrogen and oxygen atoms in total. The van der Waals surface area contributed by atoms with Crippen molar-refractivity contribution in [3.8, 4) is 0 Å². The standard InChI is InChI=1S/C11H13F3N2O4/c1-10(2,3)16-8(18)6(17)5(9(19)20-4)7(15-16)11(12,13)14/h15H,1-4H3. The quantitative estimate of drug-likeness (QED) is 0.621. The summed E-state index contributed by atoms with van der Waals surface area (Å²) in [5, 5.41) is 1.80. The fraction of sp³-hybridized carbons (Fsp3) is 0.545. The molecule has 0 fully saturated rings. The third-order valence-electron chi connectivity index (χ3n) is 2.44. The highest BCUT2D eigenvalue weighted by Gasteiger charge is 2.40. The van der Waals surface area contributed by atoms with Crippen LogP contribution in [0.3, 0.4) is 0 Å². The number of hydrogen-bond donors (Lipinski definition) is 1. The number of hydrogen-bond acceptors (Lipinski definition) is 4. The van der Waals surface area contributed by atoms with Crippen LogP contribution in [0.1, 0.15) is 36.8 Å². The highest BCUT2D eigenvalue weighted by molar-refractivity contribution is 5.90. The molecule has 0 spiro atoms. The van der Waals surface area contributed by atoms with Gasteiger partial charge in [0, 0.05) is 0 Å². The Balaban J connectivity index is 3.90. The predicted octanol–water partition coefficient (Wildman–Crippen LogP) is 1.10. The maximum Gasteiger partial charge on any atom is 0.433 e. The molecular formula is C11H13F3N2O4. The fourth-order valence-corrected chi connectivity index (χ4v) is 1.51. The van der Waals surface area contributed by atoms with Crippen LogP contribution in [0.4, 0.5) is 13.2 Å². The third kappa shape index (κ3) is 2.75. The van der Waals surface area contributed by atoms with Crippen LogP contribution in [0.5, 0.6) is 0 Å². The molecule has 0 aliphatic heterocycles. The second-order valence-electron chi connectivity index (χ2n) is 4.99. The summed E-state index contributed by atoms with van der Waals surface area (Å²) < 4.78 is 43.5. The van der Waals surface area contributed by atoms with Gasteiger partial charge in [-0.25, -0.2) is 9.48 Å². The van der Waals surface area contributed by atoms with E-state index in [2.05, 4.69) is 4.74 Å². The Morgan fingerprint density at radius 1 is 1.20 bits per heavy atom. The van der Waals surface area contributed by atoms with Crippen molar-refractivity contribution in [2.24, 2.45) is 0 Å². The van der Waals surface area contributed by atoms with Gasteiger partial charge in [0.25, 0.3) is 5.43 Å². The molecule has 0 aliphatic carbocycles. The SMILES string of the molecule is COC(=O)c1c(C(F)(F)F)[nH]n(C(C)(C)C)c(=O)c1=O. The summed E-state index contributed by atoms with van der Waals surface area (Å²) in [6, 6.07) is 0. The number of H-pyrrole nitrogens is 1. The van der Waals surface area contributed by atoms with E-state index in [-0.39, 0.29) is 0 Å². The molecule has 0 bridgehead atoms. The number of carbonyl (C=O) groups is 1. The van der Waals surface area contributed by atoms with Crippen molar-refractivity contribution in [1.82, 2.24) is 9.78 Å². The van der Waals surface area contributed by atoms with Gasteiger partial charge in [-0.05, 0) is 20.8 Å². The molecule has 0 radical (unpaired) electrons. The van der Waals surface area contributed by atoms with Crippen LogP contribution in [-0.2, 0) is 16.5 Å². The lowest BCUT2D eigenvalue weighted by Gasteiger charge is -2.23. The van der Waals surface area contributed by atoms with Gasteiger partial charge in [0.1, 0.15) is 5.56 Å². The van der Waals surface area contributed by atoms with Gasteiger partial charge in [-0.3, -0.25) is 14.7 Å². The molecule has 1 aromatic rings. The molecular weight excluding hydrogens is 281 g/mol. The summed E-state index contributed by atoms with van der Waals surface area (Å²) in [6.07, 6.45) is -5.01. The number of aromatic amines is 1. The van der Waals surface area contributed by atoms with Crippen LogP contribution in [0.25, 0.3) is 0 Å². The third-order valence-corrected chi connectivity index (χ3v) is 2.44. The summed E-state index contributed by atoms with van der Waals surface area (Å²) >= 11 is 0. The van der Waals surface area contributed by atoms with Gasteiger partial charge in [0.2, 0.25) is 0 Å². The second kappa shape index (κ2) is 4.80. The molecule has 0 amide bonds. The van der Waals surface area contributed by atoms with E-state index >= 15 is 0 Å². The first kappa shape index (κ1) is 16.0. The Morgan fingerprint density at radius 3 is 2.05 bits per heavy atom. The molecule has 0 unspecified atom stereocenters. The van der Waals surface area contributed by atoms with Crippen molar-refractivity contribution in [3.63, 3.8) is 0 Å². The first-order valence-corrected chi connectivity index (χ1v) is 5.46. The number of nitrogens with zero attached hydrogens (tertiary/aromatic N) is 1. The number of aromatic nitrogens is 2. The Bertz CT molecular complexity index is 650. The second-order valence-corrected chi connectivity index (χ2v) is 4.99. The molecule has 1 aromatic heterocycles. The van der Waals surface area contributed by atoms with E-state index in [1.807, 2.05) is 0 Å². The average molecular weight is 294 g/mol. The summed E-state index contributed by atoms with van der Waals surface area (Å²) in [4.78, 5) is 34.9. The number of rotatable bonds is 1. The van der Waals surface area contributed by atoms with E-state index in [0.717, 1.165) is 7.11 Å². The first-order valence-electron chi connectivity index (χ1n) is 5.46. The molecule has 0 saturated carbocycles. The predicted molar refractivity (Wildman–Crippen MR) is 62.7 cm³/mol. The average Bonchev–Trinajstić information content (AvgIpc) is 2.28. The zero-order valence-corrected chi connectivity index (χ0v) is 11.2. The number of alkyl halides is 3. The van der Waals surface area contributed by atoms with Crippen LogP contribution in [0.2, 0.25) is 0 Å².